The van der Waals surface area contributed by atoms with Crippen molar-refractivity contribution in [3.63, 3.8) is 0 Å². The van der Waals surface area contributed by atoms with Gasteiger partial charge in [0, 0.05) is 0 Å². The van der Waals surface area contributed by atoms with Crippen molar-refractivity contribution < 1.29 is 27.6 Å². The summed E-state index contributed by atoms with van der Waals surface area (Å²) >= 11 is 0. The first-order valence-electron chi connectivity index (χ1n) is 10.9. The molecule has 0 N–H and O–H groups in total. The van der Waals surface area contributed by atoms with Gasteiger partial charge >= 0.3 is 0 Å². The summed E-state index contributed by atoms with van der Waals surface area (Å²) in [6, 6.07) is 0. The number of hydrogen-bond donors (Lipinski definition) is 0. The fourth-order valence-electron chi connectivity index (χ4n) is 4.18. The molecule has 7 heteroatoms. The Kier molecular flexibility index (Phi) is 7.67. The first kappa shape index (κ1) is 27.8. The molecule has 0 heterocycles. The lowest BCUT2D eigenvalue weighted by molar-refractivity contribution is -0.134. The first-order valence-corrected chi connectivity index (χ1v) is 12.4. The van der Waals surface area contributed by atoms with Crippen molar-refractivity contribution in [3.8, 4) is 0 Å². The Bertz CT molecular complexity index is 1180. The molecule has 0 saturated heterocycles. The molecule has 0 fully saturated rings. The van der Waals surface area contributed by atoms with E-state index in [9.17, 15) is 27.6 Å². The van der Waals surface area contributed by atoms with Gasteiger partial charge in [0.05, 0.1) is 9.81 Å². The smallest absolute Gasteiger partial charge is 0.205 e. The van der Waals surface area contributed by atoms with E-state index in [1.54, 1.807) is 0 Å². The lowest BCUT2D eigenvalue weighted by Gasteiger charge is -2.31. The topological polar surface area (TPSA) is 102 Å². The number of Topliss-reactive ketones (excluding diaryl/α,β-unsaturated/α-hetero) is 4. The summed E-state index contributed by atoms with van der Waals surface area (Å²) < 4.78 is 26.7. The summed E-state index contributed by atoms with van der Waals surface area (Å²) in [7, 11) is -4.06. The second-order valence-electron chi connectivity index (χ2n) is 9.17. The van der Waals surface area contributed by atoms with Crippen molar-refractivity contribution >= 4 is 33.0 Å². The maximum absolute atomic E-state index is 13.3. The molecule has 0 aromatic rings. The number of ketones is 4. The van der Waals surface area contributed by atoms with E-state index in [0.29, 0.717) is 0 Å². The van der Waals surface area contributed by atoms with Crippen LogP contribution in [0.1, 0.15) is 40.5 Å². The first-order chi connectivity index (χ1) is 16.0. The summed E-state index contributed by atoms with van der Waals surface area (Å²) in [5.41, 5.74) is -2.51. The molecule has 0 aromatic heterocycles. The molecule has 0 saturated carbocycles. The van der Waals surface area contributed by atoms with Crippen LogP contribution in [-0.2, 0) is 29.0 Å². The van der Waals surface area contributed by atoms with Gasteiger partial charge in [0.15, 0.2) is 23.1 Å². The Morgan fingerprint density at radius 1 is 0.629 bits per heavy atom. The number of carbonyl (C=O) groups is 4. The van der Waals surface area contributed by atoms with Gasteiger partial charge in [-0.05, 0) is 75.0 Å². The number of hydrogen-bond acceptors (Lipinski definition) is 6. The van der Waals surface area contributed by atoms with Gasteiger partial charge in [0.25, 0.3) is 0 Å². The average Bonchev–Trinajstić information content (AvgIpc) is 2.81. The second kappa shape index (κ2) is 9.66. The molecule has 0 spiro atoms. The normalized spacial score (nSPS) is 18.1. The molecule has 0 unspecified atom stereocenters. The Hall–Kier alpha value is -3.45. The molecule has 0 atom stereocenters. The van der Waals surface area contributed by atoms with E-state index in [0.717, 1.165) is 0 Å². The van der Waals surface area contributed by atoms with Crippen LogP contribution >= 0.6 is 0 Å². The average molecular weight is 495 g/mol. The van der Waals surface area contributed by atoms with Crippen molar-refractivity contribution in [1.29, 1.82) is 0 Å². The molecule has 184 valence electrons. The number of sulfone groups is 1. The molecule has 2 aliphatic rings. The summed E-state index contributed by atoms with van der Waals surface area (Å²) in [5.74, 6) is -2.03. The Labute approximate surface area is 206 Å². The highest BCUT2D eigenvalue weighted by atomic mass is 32.2. The second-order valence-corrected chi connectivity index (χ2v) is 11.1. The van der Waals surface area contributed by atoms with Gasteiger partial charge in [-0.3, -0.25) is 19.2 Å². The van der Waals surface area contributed by atoms with Crippen molar-refractivity contribution in [2.45, 2.75) is 40.5 Å². The van der Waals surface area contributed by atoms with E-state index in [2.05, 4.69) is 26.3 Å². The van der Waals surface area contributed by atoms with Gasteiger partial charge in [0.1, 0.15) is 10.8 Å². The van der Waals surface area contributed by atoms with E-state index in [4.69, 9.17) is 0 Å². The van der Waals surface area contributed by atoms with Gasteiger partial charge in [-0.15, -0.1) is 0 Å². The minimum Gasteiger partial charge on any atom is -0.293 e. The van der Waals surface area contributed by atoms with Crippen LogP contribution in [0.4, 0.5) is 0 Å². The van der Waals surface area contributed by atoms with Crippen molar-refractivity contribution in [2.75, 3.05) is 0 Å². The van der Waals surface area contributed by atoms with Crippen LogP contribution in [0.25, 0.3) is 0 Å². The van der Waals surface area contributed by atoms with Crippen molar-refractivity contribution in [1.82, 2.24) is 0 Å². The third-order valence-corrected chi connectivity index (χ3v) is 7.95. The van der Waals surface area contributed by atoms with Gasteiger partial charge in [-0.25, -0.2) is 8.42 Å². The quantitative estimate of drug-likeness (QED) is 0.324. The van der Waals surface area contributed by atoms with E-state index >= 15 is 0 Å². The highest BCUT2D eigenvalue weighted by Gasteiger charge is 2.46. The minimum absolute atomic E-state index is 0.0991. The lowest BCUT2D eigenvalue weighted by atomic mass is 9.70. The Balaban J connectivity index is 2.47. The zero-order chi connectivity index (χ0) is 26.9. The maximum Gasteiger partial charge on any atom is 0.205 e. The summed E-state index contributed by atoms with van der Waals surface area (Å²) in [5, 5.41) is 0. The van der Waals surface area contributed by atoms with Gasteiger partial charge in [0.2, 0.25) is 9.84 Å². The lowest BCUT2D eigenvalue weighted by Crippen LogP contribution is -2.40. The predicted octanol–water partition coefficient (Wildman–Crippen LogP) is 4.64. The molecule has 35 heavy (non-hydrogen) atoms. The van der Waals surface area contributed by atoms with Crippen molar-refractivity contribution in [2.24, 2.45) is 10.8 Å². The van der Waals surface area contributed by atoms with Gasteiger partial charge in [-0.1, -0.05) is 50.6 Å². The zero-order valence-electron chi connectivity index (χ0n) is 20.6. The fourth-order valence-corrected chi connectivity index (χ4v) is 5.55. The van der Waals surface area contributed by atoms with E-state index in [1.165, 1.54) is 64.2 Å². The third kappa shape index (κ3) is 4.73. The molecule has 0 aliphatic heterocycles. The predicted molar refractivity (Wildman–Crippen MR) is 137 cm³/mol. The molecular formula is C28H30O6S. The van der Waals surface area contributed by atoms with Crippen LogP contribution in [0.3, 0.4) is 0 Å². The van der Waals surface area contributed by atoms with Crippen LogP contribution in [-0.4, -0.2) is 31.6 Å². The van der Waals surface area contributed by atoms with Gasteiger partial charge < -0.3 is 0 Å². The minimum atomic E-state index is -4.06. The van der Waals surface area contributed by atoms with Gasteiger partial charge in [-0.2, -0.15) is 0 Å². The summed E-state index contributed by atoms with van der Waals surface area (Å²) in [6.07, 6.45) is 7.36. The zero-order valence-corrected chi connectivity index (χ0v) is 21.4. The molecule has 2 rings (SSSR count). The van der Waals surface area contributed by atoms with Crippen molar-refractivity contribution in [3.05, 3.63) is 94.9 Å². The molecule has 2 aliphatic carbocycles. The molecule has 0 radical (unpaired) electrons. The van der Waals surface area contributed by atoms with Crippen LogP contribution in [0.15, 0.2) is 94.9 Å². The molecular weight excluding hydrogens is 464 g/mol. The molecule has 0 aromatic carbocycles. The number of rotatable bonds is 10. The van der Waals surface area contributed by atoms with E-state index < -0.39 is 43.8 Å². The van der Waals surface area contributed by atoms with Crippen LogP contribution in [0.5, 0.6) is 0 Å². The Morgan fingerprint density at radius 3 is 1.06 bits per heavy atom. The summed E-state index contributed by atoms with van der Waals surface area (Å²) in [6.45, 7) is 20.5. The van der Waals surface area contributed by atoms with E-state index in [-0.39, 0.29) is 44.9 Å². The monoisotopic (exact) mass is 494 g/mol. The highest BCUT2D eigenvalue weighted by molar-refractivity contribution is 7.99. The maximum atomic E-state index is 13.3. The van der Waals surface area contributed by atoms with Crippen LogP contribution < -0.4 is 0 Å². The molecule has 0 bridgehead atoms. The summed E-state index contributed by atoms with van der Waals surface area (Å²) in [4.78, 5) is 51.2. The number of allylic oxidation sites excluding steroid dienone is 10. The van der Waals surface area contributed by atoms with E-state index in [1.807, 2.05) is 0 Å². The molecule has 6 nitrogen and oxygen atoms in total. The largest absolute Gasteiger partial charge is 0.293 e. The number of carbonyl (C=O) groups excluding carboxylic acids is 4. The highest BCUT2D eigenvalue weighted by Crippen LogP contribution is 2.41. The molecule has 0 amide bonds. The standard InChI is InChI=1S/C28H30O6S/c1-17(2)23(29)27(24(30)18(3)4)13-9-21(10-14-27)35(33,34)22-11-15-28(16-12-22,25(31)19(5)6)26(32)20(7)8/h9-13,15H,1,3,5,7,14,16H2,2,4,6,8H3. The Morgan fingerprint density at radius 2 is 0.886 bits per heavy atom. The van der Waals surface area contributed by atoms with Crippen LogP contribution in [0.2, 0.25) is 0 Å². The third-order valence-electron chi connectivity index (χ3n) is 6.11. The fraction of sp³-hybridized carbons (Fsp3) is 0.286. The van der Waals surface area contributed by atoms with Crippen LogP contribution in [0, 0.1) is 10.8 Å². The SMILES string of the molecule is C=C(C)C(=O)C1(C(=O)C(=C)C)C=CC(S(=O)(=O)C2=CCC(C(=O)C(=C)C)(C(=O)C(=C)C)C=C2)=CC1.